The first-order chi connectivity index (χ1) is 18.7. The third kappa shape index (κ3) is 9.34. The van der Waals surface area contributed by atoms with Crippen LogP contribution in [-0.4, -0.2) is 47.3 Å². The van der Waals surface area contributed by atoms with Gasteiger partial charge < -0.3 is 26.4 Å². The molecule has 211 valence electrons. The first-order valence-corrected chi connectivity index (χ1v) is 17.7. The van der Waals surface area contributed by atoms with Crippen LogP contribution in [0.2, 0.25) is 0 Å². The molecule has 1 aromatic heterocycles. The molecule has 0 amide bonds. The molecule has 0 radical (unpaired) electrons. The minimum absolute atomic E-state index is 0.00694. The Balaban J connectivity index is 0.00000107. The summed E-state index contributed by atoms with van der Waals surface area (Å²) in [4.78, 5) is 7.21. The maximum absolute atomic E-state index is 9.79. The van der Waals surface area contributed by atoms with Crippen LogP contribution < -0.4 is 0 Å². The summed E-state index contributed by atoms with van der Waals surface area (Å²) in [6, 6.07) is 13.6. The zero-order valence-corrected chi connectivity index (χ0v) is 25.2. The van der Waals surface area contributed by atoms with Crippen molar-refractivity contribution >= 4 is 32.0 Å². The molecule has 1 aliphatic heterocycles. The molecular formula is C28H37Cl2MnN5OS-4. The van der Waals surface area contributed by atoms with Gasteiger partial charge in [-0.05, 0) is 23.8 Å². The van der Waals surface area contributed by atoms with Crippen molar-refractivity contribution in [1.29, 1.82) is 0 Å². The molecule has 10 heteroatoms. The van der Waals surface area contributed by atoms with Crippen molar-refractivity contribution in [3.8, 4) is 0 Å². The Labute approximate surface area is 246 Å². The number of hydrogen-bond donors (Lipinski definition) is 1. The minimum atomic E-state index is 0.00694. The second-order valence-electron chi connectivity index (χ2n) is 10.0. The molecule has 6 nitrogen and oxygen atoms in total. The Morgan fingerprint density at radius 3 is 1.76 bits per heavy atom. The van der Waals surface area contributed by atoms with Gasteiger partial charge in [-0.1, -0.05) is 81.3 Å². The monoisotopic (exact) mass is 616 g/mol. The molecule has 2 unspecified atom stereocenters. The SMILES string of the molecule is OCc1ccccc1Sc1cc2nc(c1)C[N-][C@@H]1CCCC[C@H]1[N-]CC[N-]C1CCCCC1[N-]C2.[Cl][Mn][Cl]. The van der Waals surface area contributed by atoms with E-state index in [0.29, 0.717) is 25.2 Å². The Kier molecular flexibility index (Phi) is 13.5. The van der Waals surface area contributed by atoms with Crippen LogP contribution >= 0.6 is 32.0 Å². The summed E-state index contributed by atoms with van der Waals surface area (Å²) in [5.41, 5.74) is 2.96. The van der Waals surface area contributed by atoms with Crippen molar-refractivity contribution in [1.82, 2.24) is 4.98 Å². The van der Waals surface area contributed by atoms with Gasteiger partial charge in [-0.2, -0.15) is 37.3 Å². The number of pyridine rings is 1. The molecule has 3 aliphatic rings. The molecule has 1 N–H and O–H groups in total. The number of aliphatic hydroxyl groups excluding tert-OH is 1. The summed E-state index contributed by atoms with van der Waals surface area (Å²) in [6.45, 7) is 2.91. The topological polar surface area (TPSA) is 89.5 Å². The Bertz CT molecular complexity index is 942. The average molecular weight is 618 g/mol. The second-order valence-corrected chi connectivity index (χ2v) is 13.1. The molecule has 0 saturated heterocycles. The van der Waals surface area contributed by atoms with Crippen LogP contribution in [0.3, 0.4) is 0 Å². The number of aromatic nitrogens is 1. The van der Waals surface area contributed by atoms with Gasteiger partial charge in [-0.3, -0.25) is 4.98 Å². The second kappa shape index (κ2) is 16.8. The summed E-state index contributed by atoms with van der Waals surface area (Å²) < 4.78 is 0. The number of benzene rings is 1. The van der Waals surface area contributed by atoms with Gasteiger partial charge in [-0.15, -0.1) is 13.1 Å². The Hall–Kier alpha value is -0.381. The van der Waals surface area contributed by atoms with Crippen LogP contribution in [0.5, 0.6) is 0 Å². The summed E-state index contributed by atoms with van der Waals surface area (Å²) in [7, 11) is 9.59. The van der Waals surface area contributed by atoms with E-state index in [4.69, 9.17) is 46.4 Å². The molecule has 2 saturated carbocycles. The standard InChI is InChI=1S/C28H37N5OS.2ClH.Mn/c34-19-20-7-1-6-12-28(20)35-23-15-21-17-31-26-10-4-2-8-24(26)29-13-14-30-25-9-3-5-11-27(25)32-18-22(16-23)33-21;;;/h1,6-7,12,15-16,24-27,34H,2-5,8-11,13-14,17-19H2;2*1H;/q-4;;;+2/p-2/t24-,25?,26-,27?;;;/m1.../s1. The third-order valence-corrected chi connectivity index (χ3v) is 8.56. The molecule has 4 atom stereocenters. The van der Waals surface area contributed by atoms with Crippen LogP contribution in [-0.2, 0) is 32.8 Å². The number of nitrogens with zero attached hydrogens (tertiary/aromatic N) is 5. The molecule has 2 aliphatic carbocycles. The van der Waals surface area contributed by atoms with Gasteiger partial charge in [0, 0.05) is 21.2 Å². The van der Waals surface area contributed by atoms with E-state index in [1.165, 1.54) is 25.7 Å². The molecule has 1 aromatic carbocycles. The van der Waals surface area contributed by atoms with Crippen molar-refractivity contribution in [2.75, 3.05) is 13.1 Å². The van der Waals surface area contributed by atoms with E-state index >= 15 is 0 Å². The number of hydrogen-bond acceptors (Lipinski definition) is 3. The molecule has 38 heavy (non-hydrogen) atoms. The fraction of sp³-hybridized carbons (Fsp3) is 0.607. The van der Waals surface area contributed by atoms with Crippen LogP contribution in [0.15, 0.2) is 46.2 Å². The Morgan fingerprint density at radius 1 is 0.789 bits per heavy atom. The van der Waals surface area contributed by atoms with E-state index in [9.17, 15) is 5.11 Å². The van der Waals surface area contributed by atoms with E-state index in [1.54, 1.807) is 11.8 Å². The average Bonchev–Trinajstić information content (AvgIpc) is 2.95. The fourth-order valence-corrected chi connectivity index (χ4v) is 6.66. The number of aliphatic hydroxyl groups is 1. The van der Waals surface area contributed by atoms with Crippen LogP contribution in [0, 0.1) is 0 Å². The zero-order valence-electron chi connectivity index (χ0n) is 21.7. The van der Waals surface area contributed by atoms with Gasteiger partial charge in [0.15, 0.2) is 0 Å². The van der Waals surface area contributed by atoms with E-state index in [-0.39, 0.29) is 31.8 Å². The third-order valence-electron chi connectivity index (χ3n) is 7.47. The Morgan fingerprint density at radius 2 is 1.26 bits per heavy atom. The molecule has 2 aromatic rings. The predicted molar refractivity (Wildman–Crippen MR) is 155 cm³/mol. The number of rotatable bonds is 3. The van der Waals surface area contributed by atoms with Crippen LogP contribution in [0.4, 0.5) is 0 Å². The number of fused-ring (bicyclic) bond motifs is 4. The molecule has 2 heterocycles. The quantitative estimate of drug-likeness (QED) is 0.352. The predicted octanol–water partition coefficient (Wildman–Crippen LogP) is 8.23. The van der Waals surface area contributed by atoms with E-state index in [1.807, 2.05) is 18.2 Å². The maximum atomic E-state index is 9.79. The van der Waals surface area contributed by atoms with Crippen molar-refractivity contribution in [2.24, 2.45) is 0 Å². The zero-order chi connectivity index (χ0) is 26.6. The van der Waals surface area contributed by atoms with Gasteiger partial charge in [-0.25, -0.2) is 0 Å². The number of halogens is 2. The first kappa shape index (κ1) is 30.6. The molecule has 5 rings (SSSR count). The molecule has 2 bridgehead atoms. The van der Waals surface area contributed by atoms with Crippen molar-refractivity contribution < 1.29 is 18.2 Å². The summed E-state index contributed by atoms with van der Waals surface area (Å²) in [5, 5.41) is 30.1. The molecular weight excluding hydrogens is 580 g/mol. The molecule has 2 fully saturated rings. The van der Waals surface area contributed by atoms with E-state index in [0.717, 1.165) is 65.5 Å². The van der Waals surface area contributed by atoms with Gasteiger partial charge in [0.25, 0.3) is 0 Å². The van der Waals surface area contributed by atoms with Crippen LogP contribution in [0.1, 0.15) is 68.3 Å². The fourth-order valence-electron chi connectivity index (χ4n) is 5.60. The van der Waals surface area contributed by atoms with Gasteiger partial charge in [0.05, 0.1) is 6.61 Å². The first-order valence-electron chi connectivity index (χ1n) is 13.6. The van der Waals surface area contributed by atoms with E-state index < -0.39 is 0 Å². The van der Waals surface area contributed by atoms with Gasteiger partial charge in [0.1, 0.15) is 0 Å². The van der Waals surface area contributed by atoms with Gasteiger partial charge in [0.2, 0.25) is 0 Å². The van der Waals surface area contributed by atoms with Gasteiger partial charge >= 0.3 is 33.3 Å². The van der Waals surface area contributed by atoms with Crippen molar-refractivity contribution in [3.05, 3.63) is 74.6 Å². The van der Waals surface area contributed by atoms with Crippen molar-refractivity contribution in [2.45, 2.75) is 105 Å². The summed E-state index contributed by atoms with van der Waals surface area (Å²) >= 11 is 1.70. The van der Waals surface area contributed by atoms with Crippen molar-refractivity contribution in [3.63, 3.8) is 0 Å². The van der Waals surface area contributed by atoms with Crippen LogP contribution in [0.25, 0.3) is 21.3 Å². The van der Waals surface area contributed by atoms with E-state index in [2.05, 4.69) is 18.2 Å². The summed E-state index contributed by atoms with van der Waals surface area (Å²) in [5.74, 6) is 0. The normalized spacial score (nSPS) is 26.5. The summed E-state index contributed by atoms with van der Waals surface area (Å²) in [6.07, 6.45) is 9.50. The molecule has 0 spiro atoms.